The smallest absolute Gasteiger partial charge is 0.0818 e. The molecule has 5 saturated carbocycles. The van der Waals surface area contributed by atoms with E-state index in [1.54, 1.807) is 11.1 Å². The lowest BCUT2D eigenvalue weighted by Crippen LogP contribution is -2.60. The largest absolute Gasteiger partial charge is 0.376 e. The van der Waals surface area contributed by atoms with Crippen molar-refractivity contribution < 1.29 is 0 Å². The second-order valence-corrected chi connectivity index (χ2v) is 11.3. The van der Waals surface area contributed by atoms with E-state index in [0.717, 1.165) is 24.3 Å². The number of nitrogens with one attached hydrogen (secondary N) is 1. The van der Waals surface area contributed by atoms with Gasteiger partial charge in [-0.1, -0.05) is 61.1 Å². The Labute approximate surface area is 188 Å². The Hall–Kier alpha value is -1.19. The molecular formula is C27H38N2S. The second-order valence-electron chi connectivity index (χ2n) is 10.9. The predicted octanol–water partition coefficient (Wildman–Crippen LogP) is 5.91. The molecule has 4 bridgehead atoms. The van der Waals surface area contributed by atoms with Gasteiger partial charge in [0.25, 0.3) is 0 Å². The van der Waals surface area contributed by atoms with Gasteiger partial charge in [0.15, 0.2) is 0 Å². The van der Waals surface area contributed by atoms with Crippen LogP contribution < -0.4 is 11.1 Å². The highest BCUT2D eigenvalue weighted by atomic mass is 32.1. The van der Waals surface area contributed by atoms with E-state index in [0.29, 0.717) is 11.5 Å². The SMILES string of the molecule is CCC=C1C2CC3(C(=S)NC4CCC(CN)CC4)CC1CC(c1ccccc1)(C2)C3. The van der Waals surface area contributed by atoms with Crippen LogP contribution in [0.4, 0.5) is 0 Å². The maximum Gasteiger partial charge on any atom is 0.0818 e. The Morgan fingerprint density at radius 3 is 2.33 bits per heavy atom. The summed E-state index contributed by atoms with van der Waals surface area (Å²) in [5.74, 6) is 2.16. The number of benzene rings is 1. The molecule has 5 aliphatic carbocycles. The lowest BCUT2D eigenvalue weighted by molar-refractivity contribution is 0.00536. The Morgan fingerprint density at radius 2 is 1.73 bits per heavy atom. The van der Waals surface area contributed by atoms with E-state index in [1.807, 2.05) is 0 Å². The topological polar surface area (TPSA) is 38.0 Å². The van der Waals surface area contributed by atoms with Crippen LogP contribution in [0.1, 0.15) is 76.7 Å². The molecule has 3 N–H and O–H groups in total. The molecule has 1 aromatic rings. The molecular weight excluding hydrogens is 384 g/mol. The van der Waals surface area contributed by atoms with Gasteiger partial charge < -0.3 is 11.1 Å². The van der Waals surface area contributed by atoms with Gasteiger partial charge in [-0.2, -0.15) is 0 Å². The molecule has 0 aliphatic heterocycles. The molecule has 2 atom stereocenters. The maximum absolute atomic E-state index is 6.23. The van der Waals surface area contributed by atoms with Crippen LogP contribution in [-0.2, 0) is 5.41 Å². The van der Waals surface area contributed by atoms with Crippen LogP contribution in [-0.4, -0.2) is 17.6 Å². The molecule has 0 saturated heterocycles. The first-order chi connectivity index (χ1) is 14.6. The minimum atomic E-state index is 0.201. The van der Waals surface area contributed by atoms with Crippen LogP contribution in [0.5, 0.6) is 0 Å². The minimum absolute atomic E-state index is 0.201. The fourth-order valence-corrected chi connectivity index (χ4v) is 8.19. The van der Waals surface area contributed by atoms with Crippen LogP contribution in [0, 0.1) is 23.2 Å². The summed E-state index contributed by atoms with van der Waals surface area (Å²) in [6, 6.07) is 12.0. The number of rotatable bonds is 5. The van der Waals surface area contributed by atoms with E-state index < -0.39 is 0 Å². The summed E-state index contributed by atoms with van der Waals surface area (Å²) >= 11 is 6.23. The fraction of sp³-hybridized carbons (Fsp3) is 0.667. The summed E-state index contributed by atoms with van der Waals surface area (Å²) in [5.41, 5.74) is 9.76. The van der Waals surface area contributed by atoms with E-state index in [4.69, 9.17) is 18.0 Å². The van der Waals surface area contributed by atoms with Gasteiger partial charge in [-0.05, 0) is 99.5 Å². The zero-order chi connectivity index (χ0) is 20.8. The normalized spacial score (nSPS) is 39.7. The van der Waals surface area contributed by atoms with Crippen molar-refractivity contribution in [1.29, 1.82) is 0 Å². The maximum atomic E-state index is 6.23. The Kier molecular flexibility index (Phi) is 5.56. The zero-order valence-electron chi connectivity index (χ0n) is 18.5. The Morgan fingerprint density at radius 1 is 1.07 bits per heavy atom. The first-order valence-electron chi connectivity index (χ1n) is 12.3. The number of hydrogen-bond donors (Lipinski definition) is 2. The van der Waals surface area contributed by atoms with Crippen LogP contribution >= 0.6 is 12.2 Å². The Bertz CT molecular complexity index is 787. The summed E-state index contributed by atoms with van der Waals surface area (Å²) in [7, 11) is 0. The first kappa shape index (κ1) is 20.7. The molecule has 0 spiro atoms. The molecule has 3 heteroatoms. The third-order valence-corrected chi connectivity index (χ3v) is 9.54. The Balaban J connectivity index is 1.41. The summed E-state index contributed by atoms with van der Waals surface area (Å²) < 4.78 is 0. The van der Waals surface area contributed by atoms with E-state index in [1.165, 1.54) is 69.2 Å². The van der Waals surface area contributed by atoms with Crippen molar-refractivity contribution >= 4 is 17.2 Å². The van der Waals surface area contributed by atoms with Crippen LogP contribution in [0.2, 0.25) is 0 Å². The highest BCUT2D eigenvalue weighted by Crippen LogP contribution is 2.67. The summed E-state index contributed by atoms with van der Waals surface area (Å²) in [6.45, 7) is 3.14. The second kappa shape index (κ2) is 8.06. The van der Waals surface area contributed by atoms with E-state index in [-0.39, 0.29) is 5.41 Å². The molecule has 0 amide bonds. The van der Waals surface area contributed by atoms with Crippen molar-refractivity contribution in [2.45, 2.75) is 82.6 Å². The first-order valence-corrected chi connectivity index (χ1v) is 12.7. The minimum Gasteiger partial charge on any atom is -0.376 e. The molecule has 162 valence electrons. The van der Waals surface area contributed by atoms with Crippen molar-refractivity contribution in [2.24, 2.45) is 28.9 Å². The number of allylic oxidation sites excluding steroid dienone is 2. The molecule has 0 aromatic heterocycles. The van der Waals surface area contributed by atoms with E-state index in [2.05, 4.69) is 48.6 Å². The molecule has 6 rings (SSSR count). The van der Waals surface area contributed by atoms with E-state index >= 15 is 0 Å². The van der Waals surface area contributed by atoms with Gasteiger partial charge in [0.05, 0.1) is 4.99 Å². The quantitative estimate of drug-likeness (QED) is 0.458. The van der Waals surface area contributed by atoms with Crippen molar-refractivity contribution in [3.8, 4) is 0 Å². The van der Waals surface area contributed by atoms with Crippen molar-refractivity contribution in [3.63, 3.8) is 0 Å². The molecule has 5 aliphatic rings. The highest BCUT2D eigenvalue weighted by Gasteiger charge is 2.61. The van der Waals surface area contributed by atoms with Gasteiger partial charge in [-0.3, -0.25) is 0 Å². The highest BCUT2D eigenvalue weighted by molar-refractivity contribution is 7.80. The van der Waals surface area contributed by atoms with Crippen LogP contribution in [0.25, 0.3) is 0 Å². The van der Waals surface area contributed by atoms with Gasteiger partial charge >= 0.3 is 0 Å². The standard InChI is InChI=1S/C27H38N2S/c1-2-6-24-20-13-26(22-7-4-3-5-8-22)14-21(24)16-27(15-20,18-26)25(30)29-23-11-9-19(17-28)10-12-23/h3-8,19-21,23H,2,9-18,28H2,1H3,(H,29,30). The average Bonchev–Trinajstić information content (AvgIpc) is 2.77. The molecule has 0 heterocycles. The van der Waals surface area contributed by atoms with Crippen molar-refractivity contribution in [1.82, 2.24) is 5.32 Å². The number of hydrogen-bond acceptors (Lipinski definition) is 2. The molecule has 2 nitrogen and oxygen atoms in total. The zero-order valence-corrected chi connectivity index (χ0v) is 19.4. The molecule has 30 heavy (non-hydrogen) atoms. The summed E-state index contributed by atoms with van der Waals surface area (Å²) in [5, 5.41) is 3.91. The van der Waals surface area contributed by atoms with Gasteiger partial charge in [-0.25, -0.2) is 0 Å². The third kappa shape index (κ3) is 3.46. The molecule has 2 unspecified atom stereocenters. The molecule has 5 fully saturated rings. The van der Waals surface area contributed by atoms with Crippen LogP contribution in [0.3, 0.4) is 0 Å². The van der Waals surface area contributed by atoms with Crippen LogP contribution in [0.15, 0.2) is 42.0 Å². The van der Waals surface area contributed by atoms with Gasteiger partial charge in [0.1, 0.15) is 0 Å². The third-order valence-electron chi connectivity index (χ3n) is 8.99. The van der Waals surface area contributed by atoms with Crippen molar-refractivity contribution in [3.05, 3.63) is 47.5 Å². The molecule has 1 aromatic carbocycles. The molecule has 0 radical (unpaired) electrons. The van der Waals surface area contributed by atoms with Gasteiger partial charge in [0, 0.05) is 11.5 Å². The van der Waals surface area contributed by atoms with Crippen molar-refractivity contribution in [2.75, 3.05) is 6.54 Å². The predicted molar refractivity (Wildman–Crippen MR) is 130 cm³/mol. The summed E-state index contributed by atoms with van der Waals surface area (Å²) in [6.07, 6.45) is 15.1. The lowest BCUT2D eigenvalue weighted by atomic mass is 9.41. The monoisotopic (exact) mass is 422 g/mol. The summed E-state index contributed by atoms with van der Waals surface area (Å²) in [4.78, 5) is 1.20. The van der Waals surface area contributed by atoms with Gasteiger partial charge in [-0.15, -0.1) is 0 Å². The average molecular weight is 423 g/mol. The lowest BCUT2D eigenvalue weighted by Gasteiger charge is -2.63. The number of nitrogens with two attached hydrogens (primary N) is 1. The fourth-order valence-electron chi connectivity index (χ4n) is 7.78. The van der Waals surface area contributed by atoms with E-state index in [9.17, 15) is 0 Å². The van der Waals surface area contributed by atoms with Gasteiger partial charge in [0.2, 0.25) is 0 Å². The number of thiocarbonyl (C=S) groups is 1.